The third kappa shape index (κ3) is 16.8. The Hall–Kier alpha value is -1.51. The van der Waals surface area contributed by atoms with Crippen LogP contribution in [0.15, 0.2) is 24.3 Å². The molecule has 0 heterocycles. The Morgan fingerprint density at radius 3 is 1.68 bits per heavy atom. The minimum absolute atomic E-state index is 0.113. The molecule has 3 heteroatoms. The molecule has 1 N–H and O–H groups in total. The number of carbonyl (C=O) groups is 1. The summed E-state index contributed by atoms with van der Waals surface area (Å²) in [5, 5.41) is 3.51. The molecular formula is C28H49NO2. The third-order valence-electron chi connectivity index (χ3n) is 5.99. The molecule has 0 spiro atoms. The van der Waals surface area contributed by atoms with Gasteiger partial charge in [-0.3, -0.25) is 4.79 Å². The van der Waals surface area contributed by atoms with E-state index >= 15 is 0 Å². The SMILES string of the molecule is CCCCCCCCCCCCCCCCCNc1ccc(CCC(=O)OCC)cc1. The van der Waals surface area contributed by atoms with Gasteiger partial charge in [-0.15, -0.1) is 0 Å². The quantitative estimate of drug-likeness (QED) is 0.157. The van der Waals surface area contributed by atoms with Gasteiger partial charge in [0.05, 0.1) is 6.61 Å². The van der Waals surface area contributed by atoms with Crippen LogP contribution in [-0.4, -0.2) is 19.1 Å². The van der Waals surface area contributed by atoms with Gasteiger partial charge >= 0.3 is 5.97 Å². The fourth-order valence-corrected chi connectivity index (χ4v) is 4.00. The van der Waals surface area contributed by atoms with Gasteiger partial charge in [0.2, 0.25) is 0 Å². The average molecular weight is 432 g/mol. The summed E-state index contributed by atoms with van der Waals surface area (Å²) in [6.07, 6.45) is 22.3. The molecule has 0 aliphatic heterocycles. The van der Waals surface area contributed by atoms with E-state index in [1.54, 1.807) is 0 Å². The van der Waals surface area contributed by atoms with Gasteiger partial charge in [0.15, 0.2) is 0 Å². The number of aryl methyl sites for hydroxylation is 1. The van der Waals surface area contributed by atoms with E-state index in [2.05, 4.69) is 36.5 Å². The zero-order valence-corrected chi connectivity index (χ0v) is 20.6. The standard InChI is InChI=1S/C28H49NO2/c1-3-5-6-7-8-9-10-11-12-13-14-15-16-17-18-25-29-27-22-19-26(20-23-27)21-24-28(30)31-4-2/h19-20,22-23,29H,3-18,21,24-25H2,1-2H3. The maximum atomic E-state index is 11.4. The molecule has 31 heavy (non-hydrogen) atoms. The zero-order chi connectivity index (χ0) is 22.4. The van der Waals surface area contributed by atoms with Crippen molar-refractivity contribution in [3.63, 3.8) is 0 Å². The Morgan fingerprint density at radius 1 is 0.710 bits per heavy atom. The molecule has 0 aromatic heterocycles. The molecule has 3 nitrogen and oxygen atoms in total. The minimum atomic E-state index is -0.113. The third-order valence-corrected chi connectivity index (χ3v) is 5.99. The Morgan fingerprint density at radius 2 is 1.19 bits per heavy atom. The Balaban J connectivity index is 1.87. The number of hydrogen-bond donors (Lipinski definition) is 1. The first kappa shape index (κ1) is 27.5. The summed E-state index contributed by atoms with van der Waals surface area (Å²) < 4.78 is 4.98. The highest BCUT2D eigenvalue weighted by Crippen LogP contribution is 2.14. The van der Waals surface area contributed by atoms with Crippen LogP contribution in [0.3, 0.4) is 0 Å². The van der Waals surface area contributed by atoms with E-state index in [0.29, 0.717) is 13.0 Å². The molecule has 1 aromatic rings. The second-order valence-electron chi connectivity index (χ2n) is 8.88. The highest BCUT2D eigenvalue weighted by atomic mass is 16.5. The topological polar surface area (TPSA) is 38.3 Å². The van der Waals surface area contributed by atoms with Crippen LogP contribution in [-0.2, 0) is 16.0 Å². The smallest absolute Gasteiger partial charge is 0.306 e. The van der Waals surface area contributed by atoms with Crippen molar-refractivity contribution in [3.05, 3.63) is 29.8 Å². The van der Waals surface area contributed by atoms with E-state index in [0.717, 1.165) is 13.0 Å². The number of benzene rings is 1. The van der Waals surface area contributed by atoms with Crippen molar-refractivity contribution in [2.75, 3.05) is 18.5 Å². The van der Waals surface area contributed by atoms with Crippen molar-refractivity contribution in [1.82, 2.24) is 0 Å². The molecule has 0 atom stereocenters. The predicted molar refractivity (Wildman–Crippen MR) is 135 cm³/mol. The lowest BCUT2D eigenvalue weighted by Gasteiger charge is -2.08. The van der Waals surface area contributed by atoms with E-state index < -0.39 is 0 Å². The minimum Gasteiger partial charge on any atom is -0.466 e. The van der Waals surface area contributed by atoms with Crippen LogP contribution < -0.4 is 5.32 Å². The zero-order valence-electron chi connectivity index (χ0n) is 20.6. The van der Waals surface area contributed by atoms with Gasteiger partial charge in [0.25, 0.3) is 0 Å². The molecule has 0 bridgehead atoms. The van der Waals surface area contributed by atoms with Gasteiger partial charge < -0.3 is 10.1 Å². The summed E-state index contributed by atoms with van der Waals surface area (Å²) in [5.74, 6) is -0.113. The first-order valence-corrected chi connectivity index (χ1v) is 13.2. The van der Waals surface area contributed by atoms with Crippen LogP contribution in [0.25, 0.3) is 0 Å². The van der Waals surface area contributed by atoms with E-state index in [9.17, 15) is 4.79 Å². The summed E-state index contributed by atoms with van der Waals surface area (Å²) in [5.41, 5.74) is 2.36. The number of ether oxygens (including phenoxy) is 1. The maximum absolute atomic E-state index is 11.4. The molecule has 1 aromatic carbocycles. The number of carbonyl (C=O) groups excluding carboxylic acids is 1. The first-order chi connectivity index (χ1) is 15.3. The fraction of sp³-hybridized carbons (Fsp3) is 0.750. The molecule has 0 unspecified atom stereocenters. The summed E-state index contributed by atoms with van der Waals surface area (Å²) >= 11 is 0. The molecule has 178 valence electrons. The monoisotopic (exact) mass is 431 g/mol. The molecule has 0 saturated carbocycles. The molecule has 0 aliphatic rings. The summed E-state index contributed by atoms with van der Waals surface area (Å²) in [4.78, 5) is 11.4. The average Bonchev–Trinajstić information content (AvgIpc) is 2.78. The van der Waals surface area contributed by atoms with Crippen molar-refractivity contribution in [1.29, 1.82) is 0 Å². The molecule has 0 aliphatic carbocycles. The molecular weight excluding hydrogens is 382 g/mol. The molecule has 0 amide bonds. The van der Waals surface area contributed by atoms with E-state index in [4.69, 9.17) is 4.74 Å². The summed E-state index contributed by atoms with van der Waals surface area (Å²) in [6, 6.07) is 8.44. The van der Waals surface area contributed by atoms with Crippen molar-refractivity contribution < 1.29 is 9.53 Å². The predicted octanol–water partition coefficient (Wildman–Crippen LogP) is 8.47. The molecule has 1 rings (SSSR count). The van der Waals surface area contributed by atoms with Gasteiger partial charge in [0, 0.05) is 18.7 Å². The van der Waals surface area contributed by atoms with Crippen molar-refractivity contribution in [2.24, 2.45) is 0 Å². The second-order valence-corrected chi connectivity index (χ2v) is 8.88. The largest absolute Gasteiger partial charge is 0.466 e. The van der Waals surface area contributed by atoms with E-state index in [1.807, 2.05) is 6.92 Å². The first-order valence-electron chi connectivity index (χ1n) is 13.2. The molecule has 0 radical (unpaired) electrons. The van der Waals surface area contributed by atoms with E-state index in [1.165, 1.54) is 108 Å². The van der Waals surface area contributed by atoms with E-state index in [-0.39, 0.29) is 5.97 Å². The van der Waals surface area contributed by atoms with Crippen LogP contribution in [0.2, 0.25) is 0 Å². The Labute approximate surface area is 192 Å². The fourth-order valence-electron chi connectivity index (χ4n) is 4.00. The van der Waals surface area contributed by atoms with Gasteiger partial charge in [-0.1, -0.05) is 109 Å². The van der Waals surface area contributed by atoms with Crippen LogP contribution >= 0.6 is 0 Å². The van der Waals surface area contributed by atoms with Crippen LogP contribution in [0, 0.1) is 0 Å². The number of rotatable bonds is 21. The summed E-state index contributed by atoms with van der Waals surface area (Å²) in [6.45, 7) is 5.63. The van der Waals surface area contributed by atoms with Gasteiger partial charge in [-0.2, -0.15) is 0 Å². The van der Waals surface area contributed by atoms with Crippen molar-refractivity contribution >= 4 is 11.7 Å². The maximum Gasteiger partial charge on any atom is 0.306 e. The van der Waals surface area contributed by atoms with Crippen LogP contribution in [0.4, 0.5) is 5.69 Å². The second kappa shape index (κ2) is 20.4. The number of anilines is 1. The van der Waals surface area contributed by atoms with Gasteiger partial charge in [-0.05, 0) is 37.5 Å². The van der Waals surface area contributed by atoms with Crippen molar-refractivity contribution in [3.8, 4) is 0 Å². The van der Waals surface area contributed by atoms with Gasteiger partial charge in [0.1, 0.15) is 0 Å². The molecule has 0 fully saturated rings. The highest BCUT2D eigenvalue weighted by Gasteiger charge is 2.02. The number of unbranched alkanes of at least 4 members (excludes halogenated alkanes) is 14. The lowest BCUT2D eigenvalue weighted by molar-refractivity contribution is -0.143. The van der Waals surface area contributed by atoms with Crippen molar-refractivity contribution in [2.45, 2.75) is 123 Å². The highest BCUT2D eigenvalue weighted by molar-refractivity contribution is 5.69. The Bertz CT molecular complexity index is 526. The lowest BCUT2D eigenvalue weighted by atomic mass is 10.0. The molecule has 0 saturated heterocycles. The van der Waals surface area contributed by atoms with Crippen LogP contribution in [0.1, 0.15) is 122 Å². The van der Waals surface area contributed by atoms with Crippen LogP contribution in [0.5, 0.6) is 0 Å². The Kier molecular flexibility index (Phi) is 18.1. The van der Waals surface area contributed by atoms with Gasteiger partial charge in [-0.25, -0.2) is 0 Å². The number of nitrogens with one attached hydrogen (secondary N) is 1. The normalized spacial score (nSPS) is 10.9. The number of hydrogen-bond acceptors (Lipinski definition) is 3. The summed E-state index contributed by atoms with van der Waals surface area (Å²) in [7, 11) is 0. The lowest BCUT2D eigenvalue weighted by Crippen LogP contribution is -2.05. The number of esters is 1.